The molecule has 0 spiro atoms. The highest BCUT2D eigenvalue weighted by Crippen LogP contribution is 2.24. The van der Waals surface area contributed by atoms with E-state index in [-0.39, 0.29) is 17.5 Å². The molecule has 0 unspecified atom stereocenters. The SMILES string of the molecule is Cc1c(NC(=O)c2c(C(=O)N3CCC3)cnn2C)ccn2nc(-c3ccccc3)nc12. The van der Waals surface area contributed by atoms with Crippen molar-refractivity contribution in [1.29, 1.82) is 0 Å². The van der Waals surface area contributed by atoms with Crippen LogP contribution in [-0.2, 0) is 7.05 Å². The number of rotatable bonds is 4. The average Bonchev–Trinajstić information content (AvgIpc) is 3.34. The first-order valence-electron chi connectivity index (χ1n) is 10.1. The number of amides is 2. The van der Waals surface area contributed by atoms with Crippen molar-refractivity contribution in [2.24, 2.45) is 7.05 Å². The Balaban J connectivity index is 1.46. The van der Waals surface area contributed by atoms with Gasteiger partial charge in [-0.1, -0.05) is 30.3 Å². The lowest BCUT2D eigenvalue weighted by atomic mass is 10.1. The lowest BCUT2D eigenvalue weighted by Crippen LogP contribution is -2.42. The van der Waals surface area contributed by atoms with Gasteiger partial charge in [0.15, 0.2) is 11.5 Å². The third-order valence-corrected chi connectivity index (χ3v) is 5.56. The van der Waals surface area contributed by atoms with Crippen molar-refractivity contribution in [3.8, 4) is 11.4 Å². The molecule has 1 aliphatic rings. The van der Waals surface area contributed by atoms with Crippen LogP contribution in [0.25, 0.3) is 17.0 Å². The number of benzene rings is 1. The quantitative estimate of drug-likeness (QED) is 0.552. The molecule has 1 aromatic carbocycles. The van der Waals surface area contributed by atoms with Crippen LogP contribution in [0.2, 0.25) is 0 Å². The molecule has 4 aromatic rings. The molecule has 1 saturated heterocycles. The predicted molar refractivity (Wildman–Crippen MR) is 115 cm³/mol. The van der Waals surface area contributed by atoms with E-state index in [1.807, 2.05) is 37.3 Å². The summed E-state index contributed by atoms with van der Waals surface area (Å²) in [6, 6.07) is 11.5. The molecule has 9 heteroatoms. The van der Waals surface area contributed by atoms with Crippen LogP contribution < -0.4 is 5.32 Å². The smallest absolute Gasteiger partial charge is 0.274 e. The fourth-order valence-corrected chi connectivity index (χ4v) is 3.65. The van der Waals surface area contributed by atoms with E-state index in [1.54, 1.807) is 28.7 Å². The minimum atomic E-state index is -0.390. The number of anilines is 1. The van der Waals surface area contributed by atoms with E-state index in [0.29, 0.717) is 35.8 Å². The molecule has 1 N–H and O–H groups in total. The summed E-state index contributed by atoms with van der Waals surface area (Å²) in [5.74, 6) is 0.0574. The Labute approximate surface area is 178 Å². The number of nitrogens with one attached hydrogen (secondary N) is 1. The maximum absolute atomic E-state index is 13.1. The second kappa shape index (κ2) is 7.35. The Morgan fingerprint density at radius 1 is 1.10 bits per heavy atom. The molecule has 0 saturated carbocycles. The molecule has 31 heavy (non-hydrogen) atoms. The maximum Gasteiger partial charge on any atom is 0.274 e. The fraction of sp³-hybridized carbons (Fsp3) is 0.227. The van der Waals surface area contributed by atoms with Crippen molar-refractivity contribution < 1.29 is 9.59 Å². The number of likely N-dealkylation sites (tertiary alicyclic amines) is 1. The fourth-order valence-electron chi connectivity index (χ4n) is 3.65. The Morgan fingerprint density at radius 2 is 1.87 bits per heavy atom. The van der Waals surface area contributed by atoms with Crippen LogP contribution in [0.3, 0.4) is 0 Å². The normalized spacial score (nSPS) is 13.3. The molecule has 0 radical (unpaired) electrons. The number of fused-ring (bicyclic) bond motifs is 1. The summed E-state index contributed by atoms with van der Waals surface area (Å²) in [7, 11) is 1.66. The number of hydrogen-bond acceptors (Lipinski definition) is 5. The monoisotopic (exact) mass is 415 g/mol. The molecular weight excluding hydrogens is 394 g/mol. The van der Waals surface area contributed by atoms with Gasteiger partial charge in [-0.15, -0.1) is 5.10 Å². The van der Waals surface area contributed by atoms with Crippen LogP contribution in [0.5, 0.6) is 0 Å². The third kappa shape index (κ3) is 3.24. The van der Waals surface area contributed by atoms with Crippen LogP contribution in [0.1, 0.15) is 32.8 Å². The molecule has 2 amide bonds. The van der Waals surface area contributed by atoms with Gasteiger partial charge in [-0.05, 0) is 19.4 Å². The third-order valence-electron chi connectivity index (χ3n) is 5.56. The second-order valence-electron chi connectivity index (χ2n) is 7.55. The van der Waals surface area contributed by atoms with Gasteiger partial charge in [-0.2, -0.15) is 5.10 Å². The number of carbonyl (C=O) groups excluding carboxylic acids is 2. The molecule has 5 rings (SSSR count). The van der Waals surface area contributed by atoms with E-state index in [4.69, 9.17) is 0 Å². The summed E-state index contributed by atoms with van der Waals surface area (Å²) in [4.78, 5) is 32.1. The highest BCUT2D eigenvalue weighted by Gasteiger charge is 2.29. The molecule has 0 bridgehead atoms. The van der Waals surface area contributed by atoms with Gasteiger partial charge in [0, 0.05) is 43.1 Å². The van der Waals surface area contributed by atoms with Crippen molar-refractivity contribution >= 4 is 23.1 Å². The highest BCUT2D eigenvalue weighted by molar-refractivity contribution is 6.11. The molecule has 156 valence electrons. The van der Waals surface area contributed by atoms with Crippen molar-refractivity contribution in [2.45, 2.75) is 13.3 Å². The summed E-state index contributed by atoms with van der Waals surface area (Å²) in [5, 5.41) is 11.6. The van der Waals surface area contributed by atoms with Crippen molar-refractivity contribution in [3.05, 3.63) is 65.6 Å². The van der Waals surface area contributed by atoms with E-state index in [9.17, 15) is 9.59 Å². The standard InChI is InChI=1S/C22H21N7O2/c1-14-17(9-12-29-20(14)25-19(26-29)15-7-4-3-5-8-15)24-21(30)18-16(13-23-27(18)2)22(31)28-10-6-11-28/h3-5,7-9,12-13H,6,10-11H2,1-2H3,(H,24,30). The summed E-state index contributed by atoms with van der Waals surface area (Å²) in [5.41, 5.74) is 3.50. The van der Waals surface area contributed by atoms with E-state index >= 15 is 0 Å². The van der Waals surface area contributed by atoms with Crippen molar-refractivity contribution in [1.82, 2.24) is 29.3 Å². The van der Waals surface area contributed by atoms with Crippen LogP contribution >= 0.6 is 0 Å². The summed E-state index contributed by atoms with van der Waals surface area (Å²) in [6.07, 6.45) is 4.19. The second-order valence-corrected chi connectivity index (χ2v) is 7.55. The van der Waals surface area contributed by atoms with Crippen molar-refractivity contribution in [2.75, 3.05) is 18.4 Å². The summed E-state index contributed by atoms with van der Waals surface area (Å²) >= 11 is 0. The number of pyridine rings is 1. The minimum absolute atomic E-state index is 0.165. The Kier molecular flexibility index (Phi) is 4.50. The zero-order valence-electron chi connectivity index (χ0n) is 17.2. The van der Waals surface area contributed by atoms with E-state index in [0.717, 1.165) is 17.5 Å². The maximum atomic E-state index is 13.1. The number of nitrogens with zero attached hydrogens (tertiary/aromatic N) is 6. The number of carbonyl (C=O) groups is 2. The Morgan fingerprint density at radius 3 is 2.58 bits per heavy atom. The lowest BCUT2D eigenvalue weighted by molar-refractivity contribution is 0.0648. The zero-order valence-corrected chi connectivity index (χ0v) is 17.2. The molecule has 9 nitrogen and oxygen atoms in total. The van der Waals surface area contributed by atoms with Gasteiger partial charge in [0.25, 0.3) is 11.8 Å². The van der Waals surface area contributed by atoms with E-state index in [2.05, 4.69) is 20.5 Å². The molecule has 0 atom stereocenters. The number of hydrogen-bond donors (Lipinski definition) is 1. The Bertz CT molecular complexity index is 1300. The number of aryl methyl sites for hydroxylation is 2. The predicted octanol–water partition coefficient (Wildman–Crippen LogP) is 2.54. The van der Waals surface area contributed by atoms with Gasteiger partial charge in [0.1, 0.15) is 5.69 Å². The van der Waals surface area contributed by atoms with Crippen LogP contribution in [0.15, 0.2) is 48.8 Å². The highest BCUT2D eigenvalue weighted by atomic mass is 16.2. The van der Waals surface area contributed by atoms with Gasteiger partial charge in [-0.25, -0.2) is 9.50 Å². The summed E-state index contributed by atoms with van der Waals surface area (Å²) < 4.78 is 3.12. The zero-order chi connectivity index (χ0) is 21.5. The first-order valence-corrected chi connectivity index (χ1v) is 10.1. The molecule has 1 fully saturated rings. The van der Waals surface area contributed by atoms with Crippen LogP contribution in [0, 0.1) is 6.92 Å². The first-order chi connectivity index (χ1) is 15.0. The molecule has 3 aromatic heterocycles. The van der Waals surface area contributed by atoms with Crippen LogP contribution in [-0.4, -0.2) is 54.2 Å². The molecular formula is C22H21N7O2. The largest absolute Gasteiger partial charge is 0.338 e. The first kappa shape index (κ1) is 19.0. The van der Waals surface area contributed by atoms with Gasteiger partial charge in [0.05, 0.1) is 11.8 Å². The molecule has 1 aliphatic heterocycles. The van der Waals surface area contributed by atoms with E-state index in [1.165, 1.54) is 10.9 Å². The topological polar surface area (TPSA) is 97.4 Å². The van der Waals surface area contributed by atoms with Gasteiger partial charge < -0.3 is 10.2 Å². The van der Waals surface area contributed by atoms with Gasteiger partial charge in [0.2, 0.25) is 0 Å². The number of aromatic nitrogens is 5. The van der Waals surface area contributed by atoms with Crippen molar-refractivity contribution in [3.63, 3.8) is 0 Å². The molecule has 4 heterocycles. The minimum Gasteiger partial charge on any atom is -0.338 e. The van der Waals surface area contributed by atoms with Gasteiger partial charge >= 0.3 is 0 Å². The summed E-state index contributed by atoms with van der Waals surface area (Å²) in [6.45, 7) is 3.30. The van der Waals surface area contributed by atoms with E-state index < -0.39 is 0 Å². The average molecular weight is 415 g/mol. The van der Waals surface area contributed by atoms with Crippen LogP contribution in [0.4, 0.5) is 5.69 Å². The Hall–Kier alpha value is -4.01. The lowest BCUT2D eigenvalue weighted by Gasteiger charge is -2.30. The molecule has 0 aliphatic carbocycles. The van der Waals surface area contributed by atoms with Gasteiger partial charge in [-0.3, -0.25) is 14.3 Å².